The Bertz CT molecular complexity index is 213. The summed E-state index contributed by atoms with van der Waals surface area (Å²) < 4.78 is 4.94. The summed E-state index contributed by atoms with van der Waals surface area (Å²) in [7, 11) is 0. The van der Waals surface area contributed by atoms with Crippen molar-refractivity contribution in [2.45, 2.75) is 12.8 Å². The van der Waals surface area contributed by atoms with Crippen molar-refractivity contribution in [3.8, 4) is 0 Å². The van der Waals surface area contributed by atoms with Crippen molar-refractivity contribution in [2.75, 3.05) is 6.61 Å². The van der Waals surface area contributed by atoms with Gasteiger partial charge in [0.05, 0.1) is 18.4 Å². The molecule has 0 saturated heterocycles. The van der Waals surface area contributed by atoms with Crippen molar-refractivity contribution in [3.63, 3.8) is 0 Å². The lowest BCUT2D eigenvalue weighted by Crippen LogP contribution is -2.37. The molecule has 0 fully saturated rings. The van der Waals surface area contributed by atoms with Crippen molar-refractivity contribution in [1.82, 2.24) is 10.9 Å². The number of nitrogens with one attached hydrogen (secondary N) is 2. The van der Waals surface area contributed by atoms with Gasteiger partial charge in [0, 0.05) is 0 Å². The minimum atomic E-state index is -0.318. The molecule has 12 heavy (non-hydrogen) atoms. The molecule has 0 atom stereocenters. The largest absolute Gasteiger partial charge is 0.501 e. The van der Waals surface area contributed by atoms with E-state index in [2.05, 4.69) is 10.9 Å². The smallest absolute Gasteiger partial charge is 0.268 e. The molecule has 1 heterocycles. The molecule has 0 bridgehead atoms. The van der Waals surface area contributed by atoms with Gasteiger partial charge in [-0.15, -0.1) is 0 Å². The molecular formula is C7H10N2O3. The Balaban J connectivity index is 2.39. The highest BCUT2D eigenvalue weighted by Crippen LogP contribution is 2.10. The summed E-state index contributed by atoms with van der Waals surface area (Å²) in [5.74, 6) is -0.318. The Hall–Kier alpha value is -1.52. The van der Waals surface area contributed by atoms with Gasteiger partial charge < -0.3 is 4.74 Å². The maximum absolute atomic E-state index is 11.1. The summed E-state index contributed by atoms with van der Waals surface area (Å²) in [4.78, 5) is 20.9. The van der Waals surface area contributed by atoms with Crippen LogP contribution in [0, 0.1) is 0 Å². The first-order valence-electron chi connectivity index (χ1n) is 3.65. The number of ether oxygens (including phenoxy) is 1. The minimum absolute atomic E-state index is 0.318. The van der Waals surface area contributed by atoms with Crippen molar-refractivity contribution in [2.24, 2.45) is 0 Å². The first-order chi connectivity index (χ1) is 5.84. The van der Waals surface area contributed by atoms with Crippen LogP contribution in [0.2, 0.25) is 0 Å². The third-order valence-electron chi connectivity index (χ3n) is 1.47. The summed E-state index contributed by atoms with van der Waals surface area (Å²) in [5.41, 5.74) is 4.82. The summed E-state index contributed by atoms with van der Waals surface area (Å²) in [5, 5.41) is 0. The van der Waals surface area contributed by atoms with Crippen molar-refractivity contribution >= 4 is 12.3 Å². The fourth-order valence-corrected chi connectivity index (χ4v) is 0.907. The van der Waals surface area contributed by atoms with E-state index in [9.17, 15) is 9.59 Å². The third-order valence-corrected chi connectivity index (χ3v) is 1.47. The normalized spacial score (nSPS) is 15.5. The lowest BCUT2D eigenvalue weighted by Gasteiger charge is -2.12. The van der Waals surface area contributed by atoms with Crippen LogP contribution < -0.4 is 10.9 Å². The Morgan fingerprint density at radius 3 is 3.08 bits per heavy atom. The number of carbonyl (C=O) groups is 2. The molecule has 0 radical (unpaired) electrons. The number of amides is 2. The molecular weight excluding hydrogens is 160 g/mol. The minimum Gasteiger partial charge on any atom is -0.501 e. The van der Waals surface area contributed by atoms with E-state index < -0.39 is 0 Å². The number of hydrogen-bond donors (Lipinski definition) is 2. The quantitative estimate of drug-likeness (QED) is 0.441. The first kappa shape index (κ1) is 8.58. The fourth-order valence-electron chi connectivity index (χ4n) is 0.907. The molecule has 1 aliphatic rings. The van der Waals surface area contributed by atoms with Gasteiger partial charge in [-0.25, -0.2) is 0 Å². The molecule has 2 amide bonds. The highest BCUT2D eigenvalue weighted by atomic mass is 16.5. The summed E-state index contributed by atoms with van der Waals surface area (Å²) in [6.07, 6.45) is 3.35. The van der Waals surface area contributed by atoms with E-state index in [1.807, 2.05) is 0 Å². The zero-order valence-electron chi connectivity index (χ0n) is 6.50. The van der Waals surface area contributed by atoms with E-state index in [0.717, 1.165) is 6.42 Å². The molecule has 0 aromatic carbocycles. The van der Waals surface area contributed by atoms with Gasteiger partial charge in [0.15, 0.2) is 0 Å². The summed E-state index contributed by atoms with van der Waals surface area (Å²) >= 11 is 0. The molecule has 2 N–H and O–H groups in total. The monoisotopic (exact) mass is 170 g/mol. The van der Waals surface area contributed by atoms with Gasteiger partial charge in [-0.1, -0.05) is 0 Å². The average molecular weight is 170 g/mol. The highest BCUT2D eigenvalue weighted by molar-refractivity contribution is 5.93. The van der Waals surface area contributed by atoms with Crippen molar-refractivity contribution in [1.29, 1.82) is 0 Å². The van der Waals surface area contributed by atoms with Crippen LogP contribution in [0.3, 0.4) is 0 Å². The van der Waals surface area contributed by atoms with Crippen molar-refractivity contribution in [3.05, 3.63) is 11.8 Å². The van der Waals surface area contributed by atoms with Crippen molar-refractivity contribution < 1.29 is 14.3 Å². The SMILES string of the molecule is O=CNNC(=O)C1=COCCC1. The Labute approximate surface area is 69.7 Å². The van der Waals surface area contributed by atoms with Gasteiger partial charge in [0.2, 0.25) is 6.41 Å². The lowest BCUT2D eigenvalue weighted by molar-refractivity contribution is -0.122. The third kappa shape index (κ3) is 2.26. The van der Waals surface area contributed by atoms with Gasteiger partial charge in [0.1, 0.15) is 0 Å². The predicted octanol–water partition coefficient (Wildman–Crippen LogP) is -0.542. The zero-order chi connectivity index (χ0) is 8.81. The van der Waals surface area contributed by atoms with Crippen LogP contribution in [0.15, 0.2) is 11.8 Å². The number of carbonyl (C=O) groups excluding carboxylic acids is 2. The molecule has 5 nitrogen and oxygen atoms in total. The van der Waals surface area contributed by atoms with Gasteiger partial charge >= 0.3 is 0 Å². The molecule has 1 rings (SSSR count). The molecule has 0 saturated carbocycles. The standard InChI is InChI=1S/C7H10N2O3/c10-5-8-9-7(11)6-2-1-3-12-4-6/h4-5H,1-3H2,(H,8,10)(H,9,11). The molecule has 1 aliphatic heterocycles. The van der Waals surface area contributed by atoms with Crippen LogP contribution >= 0.6 is 0 Å². The van der Waals surface area contributed by atoms with Gasteiger partial charge in [-0.3, -0.25) is 20.4 Å². The molecule has 0 unspecified atom stereocenters. The van der Waals surface area contributed by atoms with E-state index in [-0.39, 0.29) is 5.91 Å². The van der Waals surface area contributed by atoms with E-state index in [0.29, 0.717) is 25.0 Å². The number of rotatable bonds is 3. The Morgan fingerprint density at radius 2 is 2.50 bits per heavy atom. The van der Waals surface area contributed by atoms with E-state index in [4.69, 9.17) is 4.74 Å². The van der Waals surface area contributed by atoms with Gasteiger partial charge in [0.25, 0.3) is 5.91 Å². The topological polar surface area (TPSA) is 67.4 Å². The lowest BCUT2D eigenvalue weighted by atomic mass is 10.1. The number of hydrogen-bond acceptors (Lipinski definition) is 3. The molecule has 0 aromatic rings. The predicted molar refractivity (Wildman–Crippen MR) is 40.6 cm³/mol. The van der Waals surface area contributed by atoms with Crippen LogP contribution in [-0.4, -0.2) is 18.9 Å². The maximum Gasteiger partial charge on any atom is 0.268 e. The van der Waals surface area contributed by atoms with Crippen LogP contribution in [0.5, 0.6) is 0 Å². The highest BCUT2D eigenvalue weighted by Gasteiger charge is 2.11. The maximum atomic E-state index is 11.1. The van der Waals surface area contributed by atoms with Crippen LogP contribution in [-0.2, 0) is 14.3 Å². The van der Waals surface area contributed by atoms with Crippen LogP contribution in [0.4, 0.5) is 0 Å². The average Bonchev–Trinajstić information content (AvgIpc) is 2.15. The second-order valence-corrected chi connectivity index (χ2v) is 2.33. The molecule has 0 spiro atoms. The fraction of sp³-hybridized carbons (Fsp3) is 0.429. The van der Waals surface area contributed by atoms with Crippen LogP contribution in [0.1, 0.15) is 12.8 Å². The van der Waals surface area contributed by atoms with Gasteiger partial charge in [-0.05, 0) is 12.8 Å². The summed E-state index contributed by atoms with van der Waals surface area (Å²) in [6.45, 7) is 0.651. The summed E-state index contributed by atoms with van der Waals surface area (Å²) in [6, 6.07) is 0. The Morgan fingerprint density at radius 1 is 1.67 bits per heavy atom. The second-order valence-electron chi connectivity index (χ2n) is 2.33. The van der Waals surface area contributed by atoms with Crippen LogP contribution in [0.25, 0.3) is 0 Å². The number of hydrazine groups is 1. The molecule has 66 valence electrons. The zero-order valence-corrected chi connectivity index (χ0v) is 6.50. The Kier molecular flexibility index (Phi) is 3.13. The van der Waals surface area contributed by atoms with Gasteiger partial charge in [-0.2, -0.15) is 0 Å². The second kappa shape index (κ2) is 4.38. The van der Waals surface area contributed by atoms with E-state index >= 15 is 0 Å². The first-order valence-corrected chi connectivity index (χ1v) is 3.65. The van der Waals surface area contributed by atoms with E-state index in [1.54, 1.807) is 0 Å². The molecule has 0 aliphatic carbocycles. The molecule has 0 aromatic heterocycles. The van der Waals surface area contributed by atoms with E-state index in [1.165, 1.54) is 6.26 Å². The molecule has 5 heteroatoms.